The predicted octanol–water partition coefficient (Wildman–Crippen LogP) is 24.0. The molecular weight excluding hydrogens is 1420 g/mol. The van der Waals surface area contributed by atoms with Gasteiger partial charge in [0.2, 0.25) is 0 Å². The van der Waals surface area contributed by atoms with E-state index in [9.17, 15) is 24.0 Å². The van der Waals surface area contributed by atoms with Crippen LogP contribution in [0.1, 0.15) is 264 Å². The fourth-order valence-corrected chi connectivity index (χ4v) is 30.4. The van der Waals surface area contributed by atoms with E-state index in [1.807, 2.05) is 65.9 Å². The van der Waals surface area contributed by atoms with Crippen LogP contribution in [0.5, 0.6) is 0 Å². The van der Waals surface area contributed by atoms with Crippen molar-refractivity contribution in [3.8, 4) is 0 Å². The van der Waals surface area contributed by atoms with E-state index >= 15 is 0 Å². The predicted molar refractivity (Wildman–Crippen MR) is 470 cm³/mol. The van der Waals surface area contributed by atoms with Crippen LogP contribution in [0.3, 0.4) is 0 Å². The zero-order valence-corrected chi connectivity index (χ0v) is 76.2. The topological polar surface area (TPSA) is 132 Å². The molecule has 0 amide bonds. The second kappa shape index (κ2) is 33.8. The lowest BCUT2D eigenvalue weighted by Gasteiger charge is -2.47. The SMILES string of the molecule is C=C[C@]1(C)C[C@H]2C(=C)C3[C@H](OC)CC[C@@]3(CC[C@H]2C)[C@@H](C)C1=O.C=C[C@]1(C)C[C@H]2C(=C)C3[C@H](OC)CC[C@@]3(CC[C@H]2C)[C@@H](C)C1=O.C=C[C@]1(C)C[C@H]2C(=C)C3[C@H](OC)CC[C@@]3(CC[C@H]2C)[C@@H](C)C1=O.C=C[C@]1(C)C[C@H]2C(=C)C3[C@H](OC)CC[C@@]3(CC[C@H]2C)[C@@H](C)C1=O.C=C[C@]1(C)C[C@H]2C(=C)C3[C@H](OC)CC[C@@]3(CC[C@H]2C)[C@@H](C)C1=O. The molecule has 10 nitrogen and oxygen atoms in total. The van der Waals surface area contributed by atoms with Crippen molar-refractivity contribution in [3.63, 3.8) is 0 Å². The molecule has 640 valence electrons. The second-order valence-electron chi connectivity index (χ2n) is 43.2. The Balaban J connectivity index is 0.000000142. The van der Waals surface area contributed by atoms with E-state index in [4.69, 9.17) is 23.7 Å². The third kappa shape index (κ3) is 14.5. The number of Topliss-reactive ketones (excluding diaryl/α,β-unsaturated/α-hetero) is 5. The molecule has 0 spiro atoms. The summed E-state index contributed by atoms with van der Waals surface area (Å²) in [6.45, 7) is 76.0. The van der Waals surface area contributed by atoms with Gasteiger partial charge in [-0.15, -0.1) is 32.9 Å². The molecule has 0 aliphatic heterocycles. The van der Waals surface area contributed by atoms with Gasteiger partial charge >= 0.3 is 0 Å². The van der Waals surface area contributed by atoms with Crippen LogP contribution in [0.15, 0.2) is 124 Å². The molecule has 0 aromatic heterocycles. The van der Waals surface area contributed by atoms with Crippen molar-refractivity contribution in [2.75, 3.05) is 35.5 Å². The van der Waals surface area contributed by atoms with Crippen molar-refractivity contribution >= 4 is 28.9 Å². The zero-order valence-electron chi connectivity index (χ0n) is 76.2. The lowest BCUT2D eigenvalue weighted by atomic mass is 9.56. The number of carbonyl (C=O) groups excluding carboxylic acids is 5. The van der Waals surface area contributed by atoms with Gasteiger partial charge in [0.05, 0.1) is 30.5 Å². The first-order valence-corrected chi connectivity index (χ1v) is 46.0. The molecule has 15 rings (SSSR count). The first kappa shape index (κ1) is 91.3. The quantitative estimate of drug-likeness (QED) is 0.195. The smallest absolute Gasteiger partial charge is 0.145 e. The number of allylic oxidation sites excluding steroid dienone is 5. The Morgan fingerprint density at radius 3 is 0.504 bits per heavy atom. The summed E-state index contributed by atoms with van der Waals surface area (Å²) in [6.07, 6.45) is 37.4. The van der Waals surface area contributed by atoms with E-state index in [0.717, 1.165) is 128 Å². The van der Waals surface area contributed by atoms with E-state index in [1.54, 1.807) is 0 Å². The molecule has 0 radical (unpaired) electrons. The van der Waals surface area contributed by atoms with Crippen molar-refractivity contribution < 1.29 is 47.7 Å². The lowest BCUT2D eigenvalue weighted by molar-refractivity contribution is -0.137. The maximum absolute atomic E-state index is 13.4. The van der Waals surface area contributed by atoms with E-state index in [1.165, 1.54) is 60.0 Å². The molecule has 0 aromatic carbocycles. The molecule has 5 unspecified atom stereocenters. The number of rotatable bonds is 10. The highest BCUT2D eigenvalue weighted by Crippen LogP contribution is 2.70. The van der Waals surface area contributed by atoms with Gasteiger partial charge in [-0.05, 0) is 281 Å². The molecule has 0 heterocycles. The summed E-state index contributed by atoms with van der Waals surface area (Å²) >= 11 is 0. The van der Waals surface area contributed by atoms with Gasteiger partial charge in [-0.1, -0.05) is 160 Å². The Labute approximate surface area is 699 Å². The fourth-order valence-electron chi connectivity index (χ4n) is 30.4. The number of fused-ring (bicyclic) bond motifs is 5. The molecule has 15 aliphatic rings. The zero-order chi connectivity index (χ0) is 85.0. The van der Waals surface area contributed by atoms with Crippen molar-refractivity contribution in [1.82, 2.24) is 0 Å². The highest BCUT2D eigenvalue weighted by molar-refractivity contribution is 5.92. The Kier molecular flexibility index (Phi) is 26.8. The van der Waals surface area contributed by atoms with Gasteiger partial charge in [-0.2, -0.15) is 0 Å². The minimum Gasteiger partial charge on any atom is -0.381 e. The number of carbonyl (C=O) groups is 5. The highest BCUT2D eigenvalue weighted by Gasteiger charge is 2.67. The Morgan fingerprint density at radius 2 is 0.383 bits per heavy atom. The number of hydrogen-bond acceptors (Lipinski definition) is 10. The van der Waals surface area contributed by atoms with Crippen molar-refractivity contribution in [3.05, 3.63) is 124 Å². The molecule has 0 aromatic rings. The molecular formula is C105H160O10. The number of ether oxygens (including phenoxy) is 5. The van der Waals surface area contributed by atoms with Crippen LogP contribution in [0.4, 0.5) is 0 Å². The van der Waals surface area contributed by atoms with Gasteiger partial charge in [-0.3, -0.25) is 24.0 Å². The minimum absolute atomic E-state index is 0.0442. The summed E-state index contributed by atoms with van der Waals surface area (Å²) in [5, 5.41) is 0. The number of hydrogen-bond donors (Lipinski definition) is 0. The molecule has 0 N–H and O–H groups in total. The van der Waals surface area contributed by atoms with Crippen molar-refractivity contribution in [2.45, 2.75) is 295 Å². The van der Waals surface area contributed by atoms with Gasteiger partial charge in [0.25, 0.3) is 0 Å². The van der Waals surface area contributed by atoms with Crippen LogP contribution >= 0.6 is 0 Å². The molecule has 35 atom stereocenters. The molecule has 10 heteroatoms. The summed E-state index contributed by atoms with van der Waals surface area (Å²) in [5.41, 5.74) is 4.88. The van der Waals surface area contributed by atoms with E-state index in [2.05, 4.69) is 170 Å². The molecule has 15 saturated carbocycles. The summed E-state index contributed by atoms with van der Waals surface area (Å²) in [6, 6.07) is 0. The second-order valence-corrected chi connectivity index (χ2v) is 43.2. The number of methoxy groups -OCH3 is 5. The van der Waals surface area contributed by atoms with Crippen LogP contribution < -0.4 is 0 Å². The van der Waals surface area contributed by atoms with Gasteiger partial charge < -0.3 is 23.7 Å². The third-order valence-corrected chi connectivity index (χ3v) is 38.6. The first-order chi connectivity index (χ1) is 54.0. The van der Waals surface area contributed by atoms with Crippen LogP contribution in [0, 0.1) is 173 Å². The Morgan fingerprint density at radius 1 is 0.252 bits per heavy atom. The Bertz CT molecular complexity index is 3240. The van der Waals surface area contributed by atoms with Crippen LogP contribution in [0.25, 0.3) is 0 Å². The van der Waals surface area contributed by atoms with Gasteiger partial charge in [0.15, 0.2) is 0 Å². The molecule has 10 bridgehead atoms. The van der Waals surface area contributed by atoms with Crippen LogP contribution in [-0.4, -0.2) is 95.0 Å². The summed E-state index contributed by atoms with van der Waals surface area (Å²) in [5.74, 6) is 8.85. The van der Waals surface area contributed by atoms with Crippen molar-refractivity contribution in [2.24, 2.45) is 173 Å². The van der Waals surface area contributed by atoms with Gasteiger partial charge in [0, 0.05) is 122 Å². The van der Waals surface area contributed by atoms with E-state index in [0.29, 0.717) is 118 Å². The molecule has 15 aliphatic carbocycles. The average molecular weight is 1580 g/mol. The van der Waals surface area contributed by atoms with E-state index in [-0.39, 0.29) is 87.2 Å². The maximum atomic E-state index is 13.4. The summed E-state index contributed by atoms with van der Waals surface area (Å²) in [4.78, 5) is 67.0. The largest absolute Gasteiger partial charge is 0.381 e. The fraction of sp³-hybridized carbons (Fsp3) is 0.762. The monoisotopic (exact) mass is 1580 g/mol. The Hall–Kier alpha value is -4.45. The van der Waals surface area contributed by atoms with Gasteiger partial charge in [0.1, 0.15) is 28.9 Å². The maximum Gasteiger partial charge on any atom is 0.145 e. The normalized spacial score (nSPS) is 50.2. The average Bonchev–Trinajstić information content (AvgIpc) is 1.61. The van der Waals surface area contributed by atoms with Crippen molar-refractivity contribution in [1.29, 1.82) is 0 Å². The van der Waals surface area contributed by atoms with Crippen LogP contribution in [0.2, 0.25) is 0 Å². The molecule has 0 saturated heterocycles. The van der Waals surface area contributed by atoms with Gasteiger partial charge in [-0.25, -0.2) is 0 Å². The summed E-state index contributed by atoms with van der Waals surface area (Å²) in [7, 11) is 9.11. The summed E-state index contributed by atoms with van der Waals surface area (Å²) < 4.78 is 29.3. The third-order valence-electron chi connectivity index (χ3n) is 38.6. The first-order valence-electron chi connectivity index (χ1n) is 46.0. The van der Waals surface area contributed by atoms with Crippen LogP contribution in [-0.2, 0) is 47.7 Å². The molecule has 15 fully saturated rings. The van der Waals surface area contributed by atoms with E-state index < -0.39 is 27.1 Å². The molecule has 115 heavy (non-hydrogen) atoms. The lowest BCUT2D eigenvalue weighted by Crippen LogP contribution is -2.47. The highest BCUT2D eigenvalue weighted by atomic mass is 16.5. The minimum atomic E-state index is -0.422. The number of ketones is 5. The standard InChI is InChI=1S/5C21H32O2/c5*1-7-20(5)12-16-13(2)8-10-21(15(4)19(20)22)11-9-17(23-6)18(21)14(16)3/h5*7,13,15-18H,1,3,8-12H2,2,4-6H3/t5*13-,15+,16-,17-,18?,20-,21+/m11111/s1.